The third-order valence-electron chi connectivity index (χ3n) is 4.12. The highest BCUT2D eigenvalue weighted by molar-refractivity contribution is 14.0. The monoisotopic (exact) mass is 501 g/mol. The lowest BCUT2D eigenvalue weighted by Crippen LogP contribution is -2.38. The van der Waals surface area contributed by atoms with Gasteiger partial charge in [0.2, 0.25) is 0 Å². The average Bonchev–Trinajstić information content (AvgIpc) is 3.21. The summed E-state index contributed by atoms with van der Waals surface area (Å²) in [6.45, 7) is 7.71. The van der Waals surface area contributed by atoms with E-state index in [9.17, 15) is 0 Å². The number of nitrogens with one attached hydrogen (secondary N) is 2. The van der Waals surface area contributed by atoms with Gasteiger partial charge < -0.3 is 24.5 Å². The minimum absolute atomic E-state index is 0. The molecule has 0 saturated carbocycles. The van der Waals surface area contributed by atoms with Gasteiger partial charge in [0.25, 0.3) is 0 Å². The number of halogens is 1. The van der Waals surface area contributed by atoms with Crippen molar-refractivity contribution < 1.29 is 13.9 Å². The second-order valence-electron chi connectivity index (χ2n) is 6.27. The molecule has 2 N–H and O–H groups in total. The molecule has 2 aromatic rings. The van der Waals surface area contributed by atoms with Crippen LogP contribution < -0.4 is 15.4 Å². The number of guanidine groups is 1. The summed E-state index contributed by atoms with van der Waals surface area (Å²) in [5.41, 5.74) is 1.17. The van der Waals surface area contributed by atoms with Gasteiger partial charge in [-0.25, -0.2) is 0 Å². The molecule has 7 heteroatoms. The van der Waals surface area contributed by atoms with Gasteiger partial charge in [0.05, 0.1) is 13.4 Å². The van der Waals surface area contributed by atoms with Gasteiger partial charge in [-0.2, -0.15) is 0 Å². The van der Waals surface area contributed by atoms with Crippen LogP contribution in [0.2, 0.25) is 0 Å². The number of furan rings is 1. The molecule has 0 saturated heterocycles. The van der Waals surface area contributed by atoms with E-state index < -0.39 is 0 Å². The molecule has 0 aliphatic carbocycles. The summed E-state index contributed by atoms with van der Waals surface area (Å²) < 4.78 is 16.3. The largest absolute Gasteiger partial charge is 0.496 e. The molecule has 1 unspecified atom stereocenters. The summed E-state index contributed by atoms with van der Waals surface area (Å²) >= 11 is 0. The quantitative estimate of drug-likeness (QED) is 0.209. The summed E-state index contributed by atoms with van der Waals surface area (Å²) in [6, 6.07) is 11.9. The lowest BCUT2D eigenvalue weighted by atomic mass is 10.0. The van der Waals surface area contributed by atoms with Crippen molar-refractivity contribution in [3.05, 3.63) is 54.0 Å². The Hall–Kier alpha value is -1.74. The number of nitrogens with zero attached hydrogens (tertiary/aromatic N) is 1. The van der Waals surface area contributed by atoms with Crippen molar-refractivity contribution in [1.82, 2.24) is 10.6 Å². The van der Waals surface area contributed by atoms with Crippen LogP contribution in [0.25, 0.3) is 0 Å². The van der Waals surface area contributed by atoms with E-state index in [0.717, 1.165) is 37.0 Å². The molecule has 0 spiro atoms. The second-order valence-corrected chi connectivity index (χ2v) is 6.27. The third kappa shape index (κ3) is 8.52. The zero-order valence-corrected chi connectivity index (χ0v) is 19.3. The number of para-hydroxylation sites is 1. The molecular weight excluding hydrogens is 469 g/mol. The van der Waals surface area contributed by atoms with Crippen LogP contribution in [-0.4, -0.2) is 39.3 Å². The van der Waals surface area contributed by atoms with Crippen molar-refractivity contribution in [1.29, 1.82) is 0 Å². The maximum Gasteiger partial charge on any atom is 0.191 e. The normalized spacial score (nSPS) is 12.2. The van der Waals surface area contributed by atoms with Crippen LogP contribution in [0.5, 0.6) is 5.75 Å². The van der Waals surface area contributed by atoms with Crippen LogP contribution in [0.4, 0.5) is 0 Å². The molecule has 0 aliphatic heterocycles. The summed E-state index contributed by atoms with van der Waals surface area (Å²) in [6.07, 6.45) is 2.55. The Morgan fingerprint density at radius 2 is 2.00 bits per heavy atom. The Kier molecular flexibility index (Phi) is 12.4. The Bertz CT molecular complexity index is 677. The van der Waals surface area contributed by atoms with Crippen LogP contribution in [-0.2, 0) is 11.3 Å². The summed E-state index contributed by atoms with van der Waals surface area (Å²) in [5, 5.41) is 6.64. The van der Waals surface area contributed by atoms with E-state index in [-0.39, 0.29) is 29.9 Å². The van der Waals surface area contributed by atoms with Crippen molar-refractivity contribution in [2.75, 3.05) is 33.4 Å². The van der Waals surface area contributed by atoms with Crippen molar-refractivity contribution in [2.45, 2.75) is 32.8 Å². The Labute approximate surface area is 185 Å². The fourth-order valence-corrected chi connectivity index (χ4v) is 2.69. The molecule has 1 aromatic carbocycles. The molecule has 0 fully saturated rings. The van der Waals surface area contributed by atoms with Crippen LogP contribution in [0.1, 0.15) is 37.5 Å². The van der Waals surface area contributed by atoms with Gasteiger partial charge >= 0.3 is 0 Å². The van der Waals surface area contributed by atoms with Crippen LogP contribution in [0.15, 0.2) is 52.1 Å². The first kappa shape index (κ1) is 24.3. The van der Waals surface area contributed by atoms with Crippen LogP contribution in [0, 0.1) is 0 Å². The molecule has 0 radical (unpaired) electrons. The molecule has 0 bridgehead atoms. The smallest absolute Gasteiger partial charge is 0.191 e. The molecule has 1 heterocycles. The molecular formula is C21H32IN3O3. The van der Waals surface area contributed by atoms with Crippen molar-refractivity contribution in [2.24, 2.45) is 4.99 Å². The predicted molar refractivity (Wildman–Crippen MR) is 124 cm³/mol. The minimum Gasteiger partial charge on any atom is -0.496 e. The van der Waals surface area contributed by atoms with Gasteiger partial charge in [-0.3, -0.25) is 4.99 Å². The Morgan fingerprint density at radius 1 is 1.18 bits per heavy atom. The number of ether oxygens (including phenoxy) is 2. The number of benzene rings is 1. The fraction of sp³-hybridized carbons (Fsp3) is 0.476. The molecule has 0 amide bonds. The van der Waals surface area contributed by atoms with Gasteiger partial charge in [0.1, 0.15) is 18.1 Å². The first-order chi connectivity index (χ1) is 13.2. The number of methoxy groups -OCH3 is 1. The van der Waals surface area contributed by atoms with E-state index in [2.05, 4.69) is 30.5 Å². The fourth-order valence-electron chi connectivity index (χ4n) is 2.69. The highest BCUT2D eigenvalue weighted by Gasteiger charge is 2.10. The lowest BCUT2D eigenvalue weighted by molar-refractivity contribution is 0.105. The summed E-state index contributed by atoms with van der Waals surface area (Å²) in [4.78, 5) is 4.71. The van der Waals surface area contributed by atoms with E-state index in [1.807, 2.05) is 30.3 Å². The predicted octanol–water partition coefficient (Wildman–Crippen LogP) is 4.17. The second kappa shape index (κ2) is 14.3. The van der Waals surface area contributed by atoms with Gasteiger partial charge in [-0.1, -0.05) is 25.1 Å². The van der Waals surface area contributed by atoms with Gasteiger partial charge in [-0.05, 0) is 37.1 Å². The minimum atomic E-state index is 0. The lowest BCUT2D eigenvalue weighted by Gasteiger charge is -2.16. The molecule has 6 nitrogen and oxygen atoms in total. The first-order valence-electron chi connectivity index (χ1n) is 9.49. The molecule has 0 aliphatic rings. The van der Waals surface area contributed by atoms with Crippen LogP contribution >= 0.6 is 24.0 Å². The van der Waals surface area contributed by atoms with Gasteiger partial charge in [-0.15, -0.1) is 24.0 Å². The van der Waals surface area contributed by atoms with E-state index in [1.54, 1.807) is 13.4 Å². The topological polar surface area (TPSA) is 68.0 Å². The van der Waals surface area contributed by atoms with Crippen LogP contribution in [0.3, 0.4) is 0 Å². The number of rotatable bonds is 11. The number of aliphatic imine (C=N–C) groups is 1. The summed E-state index contributed by atoms with van der Waals surface area (Å²) in [5.74, 6) is 2.86. The van der Waals surface area contributed by atoms with Gasteiger partial charge in [0, 0.05) is 32.2 Å². The van der Waals surface area contributed by atoms with E-state index in [4.69, 9.17) is 18.9 Å². The SMILES string of the molecule is CCNC(=NCC(C)c1ccccc1OC)NCCCOCc1ccco1.I. The number of hydrogen-bond donors (Lipinski definition) is 2. The van der Waals surface area contributed by atoms with E-state index in [1.165, 1.54) is 5.56 Å². The molecule has 2 rings (SSSR count). The molecule has 28 heavy (non-hydrogen) atoms. The van der Waals surface area contributed by atoms with Crippen molar-refractivity contribution in [3.8, 4) is 5.75 Å². The van der Waals surface area contributed by atoms with Crippen molar-refractivity contribution in [3.63, 3.8) is 0 Å². The maximum absolute atomic E-state index is 5.59. The maximum atomic E-state index is 5.59. The van der Waals surface area contributed by atoms with Gasteiger partial charge in [0.15, 0.2) is 5.96 Å². The number of hydrogen-bond acceptors (Lipinski definition) is 4. The van der Waals surface area contributed by atoms with E-state index in [0.29, 0.717) is 19.8 Å². The zero-order valence-electron chi connectivity index (χ0n) is 16.9. The van der Waals surface area contributed by atoms with Crippen molar-refractivity contribution >= 4 is 29.9 Å². The molecule has 1 atom stereocenters. The summed E-state index contributed by atoms with van der Waals surface area (Å²) in [7, 11) is 1.70. The average molecular weight is 501 g/mol. The molecule has 1 aromatic heterocycles. The highest BCUT2D eigenvalue weighted by atomic mass is 127. The first-order valence-corrected chi connectivity index (χ1v) is 9.49. The standard InChI is InChI=1S/C21H31N3O3.HI/c1-4-22-21(23-12-8-13-26-16-18-9-7-14-27-18)24-15-17(2)19-10-5-6-11-20(19)25-3;/h5-7,9-11,14,17H,4,8,12-13,15-16H2,1-3H3,(H2,22,23,24);1H. The zero-order chi connectivity index (χ0) is 19.3. The Balaban J connectivity index is 0.00000392. The van der Waals surface area contributed by atoms with E-state index >= 15 is 0 Å². The molecule has 156 valence electrons. The third-order valence-corrected chi connectivity index (χ3v) is 4.12. The Morgan fingerprint density at radius 3 is 2.71 bits per heavy atom. The highest BCUT2D eigenvalue weighted by Crippen LogP contribution is 2.26.